The Morgan fingerprint density at radius 2 is 1.74 bits per heavy atom. The minimum absolute atomic E-state index is 0.00396. The van der Waals surface area contributed by atoms with Crippen LogP contribution in [0.1, 0.15) is 32.1 Å². The zero-order chi connectivity index (χ0) is 13.7. The second-order valence-corrected chi connectivity index (χ2v) is 9.11. The van der Waals surface area contributed by atoms with E-state index in [-0.39, 0.29) is 11.8 Å². The van der Waals surface area contributed by atoms with Gasteiger partial charge in [0.15, 0.2) is 0 Å². The molecule has 2 saturated heterocycles. The molecule has 0 saturated carbocycles. The van der Waals surface area contributed by atoms with E-state index in [4.69, 9.17) is 0 Å². The molecule has 0 bridgehead atoms. The zero-order valence-electron chi connectivity index (χ0n) is 11.3. The maximum atomic E-state index is 12.0. The Bertz CT molecular complexity index is 395. The quantitative estimate of drug-likeness (QED) is 0.761. The topological polar surface area (TPSA) is 75.3 Å². The molecular formula is C12H24N2O3S2. The summed E-state index contributed by atoms with van der Waals surface area (Å²) in [5.41, 5.74) is 0. The molecule has 7 heteroatoms. The third-order valence-corrected chi connectivity index (χ3v) is 6.84. The Morgan fingerprint density at radius 1 is 1.11 bits per heavy atom. The summed E-state index contributed by atoms with van der Waals surface area (Å²) in [6.07, 6.45) is 4.34. The number of hydrogen-bond acceptors (Lipinski definition) is 4. The standard InChI is InChI=1S/C12H24N2O3S2/c15-18-8-3-12(4-9-18)14-19(16,17)10-5-11-1-6-13-7-2-11/h11-14H,1-10H2. The van der Waals surface area contributed by atoms with Crippen LogP contribution in [0.25, 0.3) is 0 Å². The van der Waals surface area contributed by atoms with E-state index >= 15 is 0 Å². The molecule has 19 heavy (non-hydrogen) atoms. The Balaban J connectivity index is 1.73. The fourth-order valence-electron chi connectivity index (χ4n) is 2.72. The SMILES string of the molecule is O=S1CCC(NS(=O)(=O)CCC2CCNCC2)CC1. The summed E-state index contributed by atoms with van der Waals surface area (Å²) in [5, 5.41) is 3.29. The molecule has 0 atom stereocenters. The van der Waals surface area contributed by atoms with E-state index < -0.39 is 20.8 Å². The third kappa shape index (κ3) is 5.49. The van der Waals surface area contributed by atoms with Crippen LogP contribution >= 0.6 is 0 Å². The predicted molar refractivity (Wildman–Crippen MR) is 78.0 cm³/mol. The Hall–Kier alpha value is 0.0200. The first-order chi connectivity index (χ1) is 9.05. The molecule has 2 N–H and O–H groups in total. The number of hydrogen-bond donors (Lipinski definition) is 2. The van der Waals surface area contributed by atoms with Crippen molar-refractivity contribution in [1.82, 2.24) is 10.0 Å². The first-order valence-corrected chi connectivity index (χ1v) is 10.2. The van der Waals surface area contributed by atoms with Crippen LogP contribution in [0, 0.1) is 5.92 Å². The lowest BCUT2D eigenvalue weighted by atomic mass is 9.96. The normalized spacial score (nSPS) is 30.3. The summed E-state index contributed by atoms with van der Waals surface area (Å²) in [6, 6.07) is -0.00396. The van der Waals surface area contributed by atoms with Crippen LogP contribution in [0.4, 0.5) is 0 Å². The van der Waals surface area contributed by atoms with Crippen molar-refractivity contribution in [3.63, 3.8) is 0 Å². The van der Waals surface area contributed by atoms with Crippen LogP contribution in [0.2, 0.25) is 0 Å². The summed E-state index contributed by atoms with van der Waals surface area (Å²) in [6.45, 7) is 2.01. The molecule has 0 unspecified atom stereocenters. The van der Waals surface area contributed by atoms with Gasteiger partial charge < -0.3 is 5.32 Å². The van der Waals surface area contributed by atoms with Crippen LogP contribution in [0.3, 0.4) is 0 Å². The smallest absolute Gasteiger partial charge is 0.211 e. The number of rotatable bonds is 5. The molecule has 2 rings (SSSR count). The molecule has 0 amide bonds. The van der Waals surface area contributed by atoms with Crippen molar-refractivity contribution in [3.05, 3.63) is 0 Å². The van der Waals surface area contributed by atoms with Gasteiger partial charge in [-0.2, -0.15) is 0 Å². The van der Waals surface area contributed by atoms with E-state index in [0.29, 0.717) is 30.3 Å². The number of nitrogens with one attached hydrogen (secondary N) is 2. The molecule has 5 nitrogen and oxygen atoms in total. The van der Waals surface area contributed by atoms with Crippen LogP contribution in [-0.2, 0) is 20.8 Å². The molecule has 0 aliphatic carbocycles. The van der Waals surface area contributed by atoms with Crippen molar-refractivity contribution < 1.29 is 12.6 Å². The van der Waals surface area contributed by atoms with Crippen molar-refractivity contribution in [3.8, 4) is 0 Å². The highest BCUT2D eigenvalue weighted by molar-refractivity contribution is 7.89. The van der Waals surface area contributed by atoms with E-state index in [9.17, 15) is 12.6 Å². The third-order valence-electron chi connectivity index (χ3n) is 3.99. The van der Waals surface area contributed by atoms with Crippen molar-refractivity contribution in [2.45, 2.75) is 38.1 Å². The monoisotopic (exact) mass is 308 g/mol. The molecule has 2 aliphatic rings. The minimum atomic E-state index is -3.17. The van der Waals surface area contributed by atoms with Gasteiger partial charge in [0.1, 0.15) is 0 Å². The van der Waals surface area contributed by atoms with Crippen molar-refractivity contribution in [1.29, 1.82) is 0 Å². The lowest BCUT2D eigenvalue weighted by Crippen LogP contribution is -2.41. The van der Waals surface area contributed by atoms with Gasteiger partial charge in [0.2, 0.25) is 10.0 Å². The van der Waals surface area contributed by atoms with Crippen LogP contribution in [-0.4, -0.2) is 49.0 Å². The van der Waals surface area contributed by atoms with Crippen molar-refractivity contribution in [2.24, 2.45) is 5.92 Å². The van der Waals surface area contributed by atoms with Gasteiger partial charge in [0.05, 0.1) is 5.75 Å². The van der Waals surface area contributed by atoms with Gasteiger partial charge in [-0.1, -0.05) is 0 Å². The molecular weight excluding hydrogens is 284 g/mol. The van der Waals surface area contributed by atoms with Crippen molar-refractivity contribution in [2.75, 3.05) is 30.3 Å². The highest BCUT2D eigenvalue weighted by Gasteiger charge is 2.24. The second-order valence-electron chi connectivity index (χ2n) is 5.54. The number of piperidine rings is 1. The van der Waals surface area contributed by atoms with Gasteiger partial charge in [-0.15, -0.1) is 0 Å². The number of sulfonamides is 1. The zero-order valence-corrected chi connectivity index (χ0v) is 12.9. The van der Waals surface area contributed by atoms with Gasteiger partial charge in [0.25, 0.3) is 0 Å². The van der Waals surface area contributed by atoms with Crippen molar-refractivity contribution >= 4 is 20.8 Å². The molecule has 0 aromatic carbocycles. The second kappa shape index (κ2) is 7.15. The Morgan fingerprint density at radius 3 is 2.37 bits per heavy atom. The average molecular weight is 308 g/mol. The summed E-state index contributed by atoms with van der Waals surface area (Å²) < 4.78 is 38.1. The van der Waals surface area contributed by atoms with Gasteiger partial charge in [-0.3, -0.25) is 4.21 Å². The maximum Gasteiger partial charge on any atom is 0.211 e. The summed E-state index contributed by atoms with van der Waals surface area (Å²) >= 11 is 0. The van der Waals surface area contributed by atoms with Crippen LogP contribution in [0.15, 0.2) is 0 Å². The summed E-state index contributed by atoms with van der Waals surface area (Å²) in [5.74, 6) is 2.02. The molecule has 0 aromatic rings. The van der Waals surface area contributed by atoms with Gasteiger partial charge in [0, 0.05) is 28.3 Å². The first kappa shape index (κ1) is 15.4. The fourth-order valence-corrected chi connectivity index (χ4v) is 5.52. The lowest BCUT2D eigenvalue weighted by Gasteiger charge is -2.24. The Kier molecular flexibility index (Phi) is 5.80. The minimum Gasteiger partial charge on any atom is -0.317 e. The van der Waals surface area contributed by atoms with Crippen LogP contribution < -0.4 is 10.0 Å². The molecule has 2 heterocycles. The predicted octanol–water partition coefficient (Wildman–Crippen LogP) is 0.207. The first-order valence-electron chi connectivity index (χ1n) is 7.11. The van der Waals surface area contributed by atoms with Crippen LogP contribution in [0.5, 0.6) is 0 Å². The summed E-state index contributed by atoms with van der Waals surface area (Å²) in [7, 11) is -3.91. The molecule has 2 fully saturated rings. The van der Waals surface area contributed by atoms with E-state index in [1.165, 1.54) is 0 Å². The van der Waals surface area contributed by atoms with Gasteiger partial charge in [-0.25, -0.2) is 13.1 Å². The molecule has 0 radical (unpaired) electrons. The highest BCUT2D eigenvalue weighted by Crippen LogP contribution is 2.17. The van der Waals surface area contributed by atoms with E-state index in [0.717, 1.165) is 32.4 Å². The lowest BCUT2D eigenvalue weighted by molar-refractivity contribution is 0.364. The van der Waals surface area contributed by atoms with E-state index in [1.807, 2.05) is 0 Å². The largest absolute Gasteiger partial charge is 0.317 e. The fraction of sp³-hybridized carbons (Fsp3) is 1.00. The van der Waals surface area contributed by atoms with Gasteiger partial charge >= 0.3 is 0 Å². The molecule has 112 valence electrons. The maximum absolute atomic E-state index is 12.0. The summed E-state index contributed by atoms with van der Waals surface area (Å²) in [4.78, 5) is 0. The highest BCUT2D eigenvalue weighted by atomic mass is 32.2. The van der Waals surface area contributed by atoms with Gasteiger partial charge in [-0.05, 0) is 51.1 Å². The Labute approximate surface area is 118 Å². The van der Waals surface area contributed by atoms with E-state index in [1.54, 1.807) is 0 Å². The molecule has 0 spiro atoms. The van der Waals surface area contributed by atoms with E-state index in [2.05, 4.69) is 10.0 Å². The molecule has 2 aliphatic heterocycles. The molecule has 0 aromatic heterocycles. The average Bonchev–Trinajstić information content (AvgIpc) is 2.40.